The van der Waals surface area contributed by atoms with Crippen molar-refractivity contribution in [2.75, 3.05) is 0 Å². The number of esters is 1. The lowest BCUT2D eigenvalue weighted by atomic mass is 9.92. The van der Waals surface area contributed by atoms with Crippen LogP contribution in [-0.2, 0) is 20.7 Å². The molecule has 1 aliphatic heterocycles. The van der Waals surface area contributed by atoms with Crippen LogP contribution in [0.25, 0.3) is 0 Å². The van der Waals surface area contributed by atoms with Crippen molar-refractivity contribution in [3.05, 3.63) is 35.6 Å². The monoisotopic (exact) mass is 238 g/mol. The van der Waals surface area contributed by atoms with Gasteiger partial charge in [0.1, 0.15) is 5.82 Å². The van der Waals surface area contributed by atoms with Crippen LogP contribution in [0.5, 0.6) is 0 Å². The van der Waals surface area contributed by atoms with E-state index in [0.29, 0.717) is 5.56 Å². The van der Waals surface area contributed by atoms with Crippen molar-refractivity contribution >= 4 is 11.9 Å². The second-order valence-corrected chi connectivity index (χ2v) is 4.08. The quantitative estimate of drug-likeness (QED) is 0.811. The molecule has 0 spiro atoms. The zero-order chi connectivity index (χ0) is 12.5. The summed E-state index contributed by atoms with van der Waals surface area (Å²) in [6.07, 6.45) is 0.200. The minimum Gasteiger partial charge on any atom is -0.478 e. The molecule has 0 saturated carbocycles. The summed E-state index contributed by atoms with van der Waals surface area (Å²) in [5, 5.41) is 9.14. The highest BCUT2D eigenvalue weighted by atomic mass is 19.1. The van der Waals surface area contributed by atoms with E-state index in [1.54, 1.807) is 6.07 Å². The van der Waals surface area contributed by atoms with Crippen LogP contribution in [0.4, 0.5) is 4.39 Å². The van der Waals surface area contributed by atoms with E-state index in [1.165, 1.54) is 18.2 Å². The van der Waals surface area contributed by atoms with Crippen LogP contribution < -0.4 is 0 Å². The van der Waals surface area contributed by atoms with Gasteiger partial charge in [0, 0.05) is 19.3 Å². The Morgan fingerprint density at radius 2 is 2.29 bits per heavy atom. The second kappa shape index (κ2) is 4.16. The molecule has 0 radical (unpaired) electrons. The Bertz CT molecular complexity index is 471. The number of hydrogen-bond donors (Lipinski definition) is 1. The largest absolute Gasteiger partial charge is 0.478 e. The van der Waals surface area contributed by atoms with E-state index in [9.17, 15) is 14.0 Å². The van der Waals surface area contributed by atoms with Gasteiger partial charge < -0.3 is 9.84 Å². The van der Waals surface area contributed by atoms with Gasteiger partial charge in [0.15, 0.2) is 0 Å². The van der Waals surface area contributed by atoms with Gasteiger partial charge in [0.25, 0.3) is 0 Å². The Kier molecular flexibility index (Phi) is 2.83. The topological polar surface area (TPSA) is 63.6 Å². The van der Waals surface area contributed by atoms with Crippen molar-refractivity contribution in [1.82, 2.24) is 0 Å². The molecule has 0 aliphatic carbocycles. The molecule has 1 fully saturated rings. The van der Waals surface area contributed by atoms with Crippen LogP contribution in [0.1, 0.15) is 18.4 Å². The zero-order valence-electron chi connectivity index (χ0n) is 8.98. The van der Waals surface area contributed by atoms with Crippen LogP contribution in [0.15, 0.2) is 24.3 Å². The average molecular weight is 238 g/mol. The third kappa shape index (κ3) is 2.27. The van der Waals surface area contributed by atoms with Gasteiger partial charge in [-0.25, -0.2) is 9.18 Å². The van der Waals surface area contributed by atoms with Gasteiger partial charge in [-0.2, -0.15) is 0 Å². The standard InChI is InChI=1S/C12H11FO4/c13-9-3-1-2-8(6-9)7-12(11(15)16)5-4-10(14)17-12/h1-3,6H,4-5,7H2,(H,15,16). The Labute approximate surface area is 97.0 Å². The normalized spacial score (nSPS) is 23.5. The molecule has 0 amide bonds. The smallest absolute Gasteiger partial charge is 0.348 e. The summed E-state index contributed by atoms with van der Waals surface area (Å²) in [6, 6.07) is 5.63. The number of benzene rings is 1. The van der Waals surface area contributed by atoms with Crippen LogP contribution in [0.2, 0.25) is 0 Å². The van der Waals surface area contributed by atoms with Gasteiger partial charge in [-0.15, -0.1) is 0 Å². The summed E-state index contributed by atoms with van der Waals surface area (Å²) in [6.45, 7) is 0. The van der Waals surface area contributed by atoms with Crippen molar-refractivity contribution in [2.45, 2.75) is 24.9 Å². The highest BCUT2D eigenvalue weighted by Crippen LogP contribution is 2.31. The number of cyclic esters (lactones) is 1. The Morgan fingerprint density at radius 3 is 2.82 bits per heavy atom. The molecule has 1 N–H and O–H groups in total. The molecule has 90 valence electrons. The fraction of sp³-hybridized carbons (Fsp3) is 0.333. The first kappa shape index (κ1) is 11.6. The fourth-order valence-corrected chi connectivity index (χ4v) is 1.95. The van der Waals surface area contributed by atoms with E-state index in [0.717, 1.165) is 0 Å². The summed E-state index contributed by atoms with van der Waals surface area (Å²) in [7, 11) is 0. The zero-order valence-corrected chi connectivity index (χ0v) is 8.98. The highest BCUT2D eigenvalue weighted by Gasteiger charge is 2.47. The molecule has 1 aromatic rings. The van der Waals surface area contributed by atoms with Crippen molar-refractivity contribution in [3.8, 4) is 0 Å². The van der Waals surface area contributed by atoms with E-state index < -0.39 is 23.4 Å². The Balaban J connectivity index is 2.25. The van der Waals surface area contributed by atoms with Crippen LogP contribution in [0, 0.1) is 5.82 Å². The summed E-state index contributed by atoms with van der Waals surface area (Å²) >= 11 is 0. The molecule has 17 heavy (non-hydrogen) atoms. The highest BCUT2D eigenvalue weighted by molar-refractivity contribution is 5.85. The van der Waals surface area contributed by atoms with Gasteiger partial charge in [-0.3, -0.25) is 4.79 Å². The molecule has 0 bridgehead atoms. The third-order valence-corrected chi connectivity index (χ3v) is 2.81. The summed E-state index contributed by atoms with van der Waals surface area (Å²) in [5.74, 6) is -2.15. The molecule has 2 rings (SSSR count). The summed E-state index contributed by atoms with van der Waals surface area (Å²) in [4.78, 5) is 22.2. The molecular formula is C12H11FO4. The first-order chi connectivity index (χ1) is 8.02. The lowest BCUT2D eigenvalue weighted by Crippen LogP contribution is -2.40. The van der Waals surface area contributed by atoms with Crippen molar-refractivity contribution in [3.63, 3.8) is 0 Å². The number of ether oxygens (including phenoxy) is 1. The molecule has 1 heterocycles. The molecule has 4 nitrogen and oxygen atoms in total. The molecule has 1 unspecified atom stereocenters. The SMILES string of the molecule is O=C1CCC(Cc2cccc(F)c2)(C(=O)O)O1. The maximum Gasteiger partial charge on any atom is 0.348 e. The Morgan fingerprint density at radius 1 is 1.53 bits per heavy atom. The van der Waals surface area contributed by atoms with Gasteiger partial charge >= 0.3 is 11.9 Å². The average Bonchev–Trinajstić information content (AvgIpc) is 2.61. The second-order valence-electron chi connectivity index (χ2n) is 4.08. The minimum atomic E-state index is -1.54. The lowest BCUT2D eigenvalue weighted by Gasteiger charge is -2.22. The van der Waals surface area contributed by atoms with Gasteiger partial charge in [0.05, 0.1) is 0 Å². The van der Waals surface area contributed by atoms with Gasteiger partial charge in [-0.05, 0) is 17.7 Å². The van der Waals surface area contributed by atoms with E-state index in [2.05, 4.69) is 0 Å². The molecule has 1 aliphatic rings. The maximum atomic E-state index is 13.0. The maximum absolute atomic E-state index is 13.0. The van der Waals surface area contributed by atoms with E-state index in [-0.39, 0.29) is 19.3 Å². The number of aliphatic carboxylic acids is 1. The molecule has 5 heteroatoms. The minimum absolute atomic E-state index is 0.00810. The predicted octanol–water partition coefficient (Wildman–Crippen LogP) is 1.53. The van der Waals surface area contributed by atoms with E-state index in [1.807, 2.05) is 0 Å². The molecule has 1 aromatic carbocycles. The molecular weight excluding hydrogens is 227 g/mol. The van der Waals surface area contributed by atoms with Crippen molar-refractivity contribution in [2.24, 2.45) is 0 Å². The third-order valence-electron chi connectivity index (χ3n) is 2.81. The molecule has 1 atom stereocenters. The van der Waals surface area contributed by atoms with Crippen molar-refractivity contribution in [1.29, 1.82) is 0 Å². The Hall–Kier alpha value is -1.91. The summed E-state index contributed by atoms with van der Waals surface area (Å²) in [5.41, 5.74) is -1.03. The number of carbonyl (C=O) groups is 2. The number of carbonyl (C=O) groups excluding carboxylic acids is 1. The molecule has 0 aromatic heterocycles. The van der Waals surface area contributed by atoms with Crippen LogP contribution in [-0.4, -0.2) is 22.6 Å². The van der Waals surface area contributed by atoms with Gasteiger partial charge in [-0.1, -0.05) is 12.1 Å². The van der Waals surface area contributed by atoms with E-state index >= 15 is 0 Å². The number of carboxylic acids is 1. The van der Waals surface area contributed by atoms with Crippen molar-refractivity contribution < 1.29 is 23.8 Å². The van der Waals surface area contributed by atoms with Gasteiger partial charge in [0.2, 0.25) is 5.60 Å². The molecule has 1 saturated heterocycles. The fourth-order valence-electron chi connectivity index (χ4n) is 1.95. The number of hydrogen-bond acceptors (Lipinski definition) is 3. The summed E-state index contributed by atoms with van der Waals surface area (Å²) < 4.78 is 17.9. The number of rotatable bonds is 3. The van der Waals surface area contributed by atoms with Crippen LogP contribution >= 0.6 is 0 Å². The van der Waals surface area contributed by atoms with Crippen LogP contribution in [0.3, 0.4) is 0 Å². The number of carboxylic acid groups (broad SMARTS) is 1. The number of halogens is 1. The lowest BCUT2D eigenvalue weighted by molar-refractivity contribution is -0.169. The first-order valence-electron chi connectivity index (χ1n) is 5.21. The van der Waals surface area contributed by atoms with E-state index in [4.69, 9.17) is 9.84 Å². The first-order valence-corrected chi connectivity index (χ1v) is 5.21. The predicted molar refractivity (Wildman–Crippen MR) is 55.8 cm³/mol.